The number of hydrogen-bond donors (Lipinski definition) is 2. The van der Waals surface area contributed by atoms with E-state index in [2.05, 4.69) is 20.6 Å². The summed E-state index contributed by atoms with van der Waals surface area (Å²) in [5.41, 5.74) is 0.541. The highest BCUT2D eigenvalue weighted by molar-refractivity contribution is 7.91. The van der Waals surface area contributed by atoms with Crippen LogP contribution in [0.3, 0.4) is 0 Å². The third-order valence-corrected chi connectivity index (χ3v) is 6.96. The van der Waals surface area contributed by atoms with Gasteiger partial charge in [-0.2, -0.15) is 0 Å². The van der Waals surface area contributed by atoms with E-state index in [1.165, 1.54) is 18.4 Å². The lowest BCUT2D eigenvalue weighted by Crippen LogP contribution is -2.55. The van der Waals surface area contributed by atoms with Gasteiger partial charge in [0.25, 0.3) is 0 Å². The van der Waals surface area contributed by atoms with Gasteiger partial charge in [-0.3, -0.25) is 15.1 Å². The fourth-order valence-electron chi connectivity index (χ4n) is 2.97. The predicted molar refractivity (Wildman–Crippen MR) is 105 cm³/mol. The van der Waals surface area contributed by atoms with Crippen LogP contribution in [0.2, 0.25) is 0 Å². The first-order valence-corrected chi connectivity index (χ1v) is 11.2. The van der Waals surface area contributed by atoms with Gasteiger partial charge in [0, 0.05) is 23.3 Å². The summed E-state index contributed by atoms with van der Waals surface area (Å²) in [6.45, 7) is 0. The van der Waals surface area contributed by atoms with E-state index in [1.54, 1.807) is 23.8 Å². The van der Waals surface area contributed by atoms with Gasteiger partial charge in [-0.15, -0.1) is 11.3 Å². The molecule has 1 aliphatic rings. The highest BCUT2D eigenvalue weighted by Crippen LogP contribution is 2.29. The number of esters is 1. The number of hydrogen-bond acceptors (Lipinski definition) is 8. The first kappa shape index (κ1) is 20.2. The zero-order valence-corrected chi connectivity index (χ0v) is 16.8. The molecule has 2 aromatic rings. The number of carbonyl (C=O) groups is 2. The molecule has 9 nitrogen and oxygen atoms in total. The van der Waals surface area contributed by atoms with Crippen LogP contribution in [0.15, 0.2) is 29.9 Å². The molecular weight excluding hydrogens is 404 g/mol. The Labute approximate surface area is 166 Å². The molecule has 28 heavy (non-hydrogen) atoms. The van der Waals surface area contributed by atoms with E-state index >= 15 is 0 Å². The quantitative estimate of drug-likeness (QED) is 0.701. The Morgan fingerprint density at radius 3 is 2.71 bits per heavy atom. The minimum Gasteiger partial charge on any atom is -0.469 e. The molecule has 0 aromatic carbocycles. The van der Waals surface area contributed by atoms with Gasteiger partial charge < -0.3 is 10.1 Å². The van der Waals surface area contributed by atoms with Crippen molar-refractivity contribution >= 4 is 38.3 Å². The van der Waals surface area contributed by atoms with Crippen molar-refractivity contribution in [3.8, 4) is 11.3 Å². The number of aromatic nitrogens is 2. The molecule has 0 spiro atoms. The number of urea groups is 1. The zero-order chi connectivity index (χ0) is 20.2. The number of anilines is 1. The Bertz CT molecular complexity index is 945. The molecule has 1 fully saturated rings. The van der Waals surface area contributed by atoms with Gasteiger partial charge in [-0.1, -0.05) is 0 Å². The number of nitrogens with zero attached hydrogens (tertiary/aromatic N) is 2. The molecule has 150 valence electrons. The molecule has 2 N–H and O–H groups in total. The Hall–Kier alpha value is -2.53. The largest absolute Gasteiger partial charge is 0.469 e. The monoisotopic (exact) mass is 424 g/mol. The number of rotatable bonds is 5. The lowest BCUT2D eigenvalue weighted by atomic mass is 9.88. The zero-order valence-electron chi connectivity index (χ0n) is 15.2. The van der Waals surface area contributed by atoms with Crippen LogP contribution < -0.4 is 10.6 Å². The fourth-order valence-corrected chi connectivity index (χ4v) is 5.29. The SMILES string of the molecule is COC(=O)CC1(NC(=O)Nc2nc(-c3cccnc3)cs2)CCS(=O)(=O)CC1. The molecule has 0 saturated carbocycles. The van der Waals surface area contributed by atoms with Gasteiger partial charge in [-0.05, 0) is 25.0 Å². The van der Waals surface area contributed by atoms with Crippen LogP contribution in [0.25, 0.3) is 11.3 Å². The molecule has 1 aliphatic heterocycles. The molecule has 0 atom stereocenters. The Morgan fingerprint density at radius 1 is 1.32 bits per heavy atom. The lowest BCUT2D eigenvalue weighted by Gasteiger charge is -2.36. The Morgan fingerprint density at radius 2 is 2.07 bits per heavy atom. The maximum Gasteiger partial charge on any atom is 0.321 e. The van der Waals surface area contributed by atoms with E-state index in [0.717, 1.165) is 5.56 Å². The fraction of sp³-hybridized carbons (Fsp3) is 0.412. The standard InChI is InChI=1S/C17H20N4O5S2/c1-26-14(22)9-17(4-7-28(24,25)8-5-17)21-15(23)20-16-19-13(11-27-16)12-3-2-6-18-10-12/h2-3,6,10-11H,4-5,7-9H2,1H3,(H2,19,20,21,23). The molecule has 2 aromatic heterocycles. The number of amides is 2. The number of sulfone groups is 1. The maximum absolute atomic E-state index is 12.5. The van der Waals surface area contributed by atoms with Crippen molar-refractivity contribution < 1.29 is 22.7 Å². The number of ether oxygens (including phenoxy) is 1. The molecule has 0 bridgehead atoms. The lowest BCUT2D eigenvalue weighted by molar-refractivity contribution is -0.142. The minimum atomic E-state index is -3.16. The van der Waals surface area contributed by atoms with Crippen molar-refractivity contribution in [1.82, 2.24) is 15.3 Å². The summed E-state index contributed by atoms with van der Waals surface area (Å²) in [7, 11) is -1.90. The number of thiazole rings is 1. The van der Waals surface area contributed by atoms with Crippen molar-refractivity contribution in [3.05, 3.63) is 29.9 Å². The second kappa shape index (κ2) is 8.23. The summed E-state index contributed by atoms with van der Waals surface area (Å²) in [5.74, 6) is -0.688. The number of methoxy groups -OCH3 is 1. The van der Waals surface area contributed by atoms with Crippen molar-refractivity contribution in [1.29, 1.82) is 0 Å². The van der Waals surface area contributed by atoms with Crippen LogP contribution in [0.5, 0.6) is 0 Å². The predicted octanol–water partition coefficient (Wildman–Crippen LogP) is 1.84. The third kappa shape index (κ3) is 5.04. The van der Waals surface area contributed by atoms with Gasteiger partial charge in [0.2, 0.25) is 0 Å². The van der Waals surface area contributed by atoms with Crippen molar-refractivity contribution in [2.45, 2.75) is 24.8 Å². The summed E-state index contributed by atoms with van der Waals surface area (Å²) in [5, 5.41) is 7.60. The van der Waals surface area contributed by atoms with Crippen LogP contribution >= 0.6 is 11.3 Å². The molecule has 0 aliphatic carbocycles. The molecule has 0 radical (unpaired) electrons. The van der Waals surface area contributed by atoms with Gasteiger partial charge in [-0.25, -0.2) is 18.2 Å². The minimum absolute atomic E-state index is 0.0906. The van der Waals surface area contributed by atoms with Crippen LogP contribution in [0.4, 0.5) is 9.93 Å². The Kier molecular flexibility index (Phi) is 5.94. The Balaban J connectivity index is 1.69. The van der Waals surface area contributed by atoms with Gasteiger partial charge in [0.05, 0.1) is 36.3 Å². The van der Waals surface area contributed by atoms with Gasteiger partial charge in [0.1, 0.15) is 9.84 Å². The molecular formula is C17H20N4O5S2. The average molecular weight is 425 g/mol. The van der Waals surface area contributed by atoms with E-state index in [0.29, 0.717) is 10.8 Å². The molecule has 3 heterocycles. The molecule has 1 saturated heterocycles. The molecule has 3 rings (SSSR count). The van der Waals surface area contributed by atoms with E-state index < -0.39 is 27.4 Å². The average Bonchev–Trinajstić information content (AvgIpc) is 3.13. The van der Waals surface area contributed by atoms with Crippen LogP contribution in [0.1, 0.15) is 19.3 Å². The van der Waals surface area contributed by atoms with Gasteiger partial charge in [0.15, 0.2) is 5.13 Å². The first-order valence-electron chi connectivity index (χ1n) is 8.53. The number of pyridine rings is 1. The van der Waals surface area contributed by atoms with Crippen molar-refractivity contribution in [2.24, 2.45) is 0 Å². The summed E-state index contributed by atoms with van der Waals surface area (Å²) >= 11 is 1.25. The van der Waals surface area contributed by atoms with Gasteiger partial charge >= 0.3 is 12.0 Å². The topological polar surface area (TPSA) is 127 Å². The van der Waals surface area contributed by atoms with Crippen molar-refractivity contribution in [3.63, 3.8) is 0 Å². The highest BCUT2D eigenvalue weighted by Gasteiger charge is 2.40. The molecule has 11 heteroatoms. The number of carbonyl (C=O) groups excluding carboxylic acids is 2. The summed E-state index contributed by atoms with van der Waals surface area (Å²) in [6, 6.07) is 3.11. The van der Waals surface area contributed by atoms with E-state index in [9.17, 15) is 18.0 Å². The third-order valence-electron chi connectivity index (χ3n) is 4.55. The number of nitrogens with one attached hydrogen (secondary N) is 2. The summed E-state index contributed by atoms with van der Waals surface area (Å²) in [6.07, 6.45) is 3.54. The molecule has 0 unspecified atom stereocenters. The summed E-state index contributed by atoms with van der Waals surface area (Å²) in [4.78, 5) is 32.7. The van der Waals surface area contributed by atoms with E-state index in [-0.39, 0.29) is 30.8 Å². The first-order chi connectivity index (χ1) is 13.3. The maximum atomic E-state index is 12.5. The van der Waals surface area contributed by atoms with Crippen LogP contribution in [-0.4, -0.2) is 54.5 Å². The second-order valence-corrected chi connectivity index (χ2v) is 9.71. The van der Waals surface area contributed by atoms with E-state index in [4.69, 9.17) is 4.74 Å². The summed E-state index contributed by atoms with van der Waals surface area (Å²) < 4.78 is 28.2. The van der Waals surface area contributed by atoms with E-state index in [1.807, 2.05) is 6.07 Å². The van der Waals surface area contributed by atoms with Crippen molar-refractivity contribution in [2.75, 3.05) is 23.9 Å². The normalized spacial score (nSPS) is 17.5. The smallest absolute Gasteiger partial charge is 0.321 e. The second-order valence-electron chi connectivity index (χ2n) is 6.54. The van der Waals surface area contributed by atoms with Crippen LogP contribution in [-0.2, 0) is 19.4 Å². The van der Waals surface area contributed by atoms with Crippen LogP contribution in [0, 0.1) is 0 Å². The molecule has 2 amide bonds. The highest BCUT2D eigenvalue weighted by atomic mass is 32.2.